The fourth-order valence-electron chi connectivity index (χ4n) is 4.26. The van der Waals surface area contributed by atoms with Crippen molar-refractivity contribution in [2.45, 2.75) is 26.3 Å². The van der Waals surface area contributed by atoms with E-state index in [-0.39, 0.29) is 11.8 Å². The van der Waals surface area contributed by atoms with E-state index in [0.29, 0.717) is 18.1 Å². The number of fused-ring (bicyclic) bond motifs is 1. The molecule has 1 fully saturated rings. The van der Waals surface area contributed by atoms with Gasteiger partial charge in [0, 0.05) is 24.7 Å². The summed E-state index contributed by atoms with van der Waals surface area (Å²) >= 11 is 7.69. The Balaban J connectivity index is 1.29. The highest BCUT2D eigenvalue weighted by molar-refractivity contribution is 7.22. The first-order valence-corrected chi connectivity index (χ1v) is 12.5. The third kappa shape index (κ3) is 4.60. The first kappa shape index (κ1) is 22.7. The number of thiazole rings is 1. The van der Waals surface area contributed by atoms with E-state index in [9.17, 15) is 4.79 Å². The number of nitrogens with zero attached hydrogens (tertiary/aromatic N) is 4. The van der Waals surface area contributed by atoms with Crippen molar-refractivity contribution in [1.82, 2.24) is 20.1 Å². The topological polar surface area (TPSA) is 72.3 Å². The minimum Gasteiger partial charge on any atom is -0.497 e. The summed E-state index contributed by atoms with van der Waals surface area (Å²) in [4.78, 5) is 20.1. The van der Waals surface area contributed by atoms with Crippen molar-refractivity contribution in [2.75, 3.05) is 25.1 Å². The van der Waals surface area contributed by atoms with Gasteiger partial charge in [0.15, 0.2) is 10.8 Å². The van der Waals surface area contributed by atoms with E-state index < -0.39 is 0 Å². The zero-order chi connectivity index (χ0) is 23.7. The van der Waals surface area contributed by atoms with Crippen LogP contribution in [0.2, 0.25) is 5.02 Å². The summed E-state index contributed by atoms with van der Waals surface area (Å²) in [6.45, 7) is 4.07. The average Bonchev–Trinajstić information content (AvgIpc) is 3.44. The van der Waals surface area contributed by atoms with Gasteiger partial charge in [-0.2, -0.15) is 10.1 Å². The van der Waals surface area contributed by atoms with Gasteiger partial charge < -0.3 is 15.0 Å². The molecule has 4 aromatic rings. The monoisotopic (exact) mass is 495 g/mol. The molecule has 7 nitrogen and oxygen atoms in total. The van der Waals surface area contributed by atoms with E-state index in [4.69, 9.17) is 21.3 Å². The molecule has 5 rings (SSSR count). The molecule has 0 radical (unpaired) electrons. The average molecular weight is 496 g/mol. The lowest BCUT2D eigenvalue weighted by Crippen LogP contribution is -2.43. The molecule has 0 bridgehead atoms. The summed E-state index contributed by atoms with van der Waals surface area (Å²) in [5.74, 6) is 0.835. The van der Waals surface area contributed by atoms with E-state index in [1.807, 2.05) is 60.1 Å². The molecule has 3 heterocycles. The van der Waals surface area contributed by atoms with Gasteiger partial charge in [0.2, 0.25) is 5.91 Å². The second kappa shape index (κ2) is 9.64. The van der Waals surface area contributed by atoms with E-state index >= 15 is 0 Å². The minimum absolute atomic E-state index is 0.0622. The van der Waals surface area contributed by atoms with Gasteiger partial charge in [0.05, 0.1) is 29.1 Å². The molecule has 0 saturated carbocycles. The van der Waals surface area contributed by atoms with E-state index in [1.54, 1.807) is 18.4 Å². The van der Waals surface area contributed by atoms with Gasteiger partial charge in [-0.05, 0) is 61.7 Å². The van der Waals surface area contributed by atoms with Crippen molar-refractivity contribution in [3.63, 3.8) is 0 Å². The van der Waals surface area contributed by atoms with Crippen LogP contribution in [0.3, 0.4) is 0 Å². The molecule has 0 spiro atoms. The number of benzene rings is 2. The number of aromatic nitrogens is 3. The van der Waals surface area contributed by atoms with Crippen molar-refractivity contribution in [2.24, 2.45) is 5.92 Å². The smallest absolute Gasteiger partial charge is 0.225 e. The Hall–Kier alpha value is -3.10. The summed E-state index contributed by atoms with van der Waals surface area (Å²) in [5, 5.41) is 9.39. The molecule has 1 amide bonds. The number of rotatable bonds is 6. The first-order valence-electron chi connectivity index (χ1n) is 11.3. The second-order valence-corrected chi connectivity index (χ2v) is 9.89. The van der Waals surface area contributed by atoms with Crippen molar-refractivity contribution in [1.29, 1.82) is 0 Å². The van der Waals surface area contributed by atoms with Crippen LogP contribution in [0.5, 0.6) is 5.75 Å². The van der Waals surface area contributed by atoms with Gasteiger partial charge in [-0.3, -0.25) is 4.79 Å². The third-order valence-corrected chi connectivity index (χ3v) is 7.60. The fourth-order valence-corrected chi connectivity index (χ4v) is 5.41. The normalized spacial score (nSPS) is 16.1. The number of amides is 1. The van der Waals surface area contributed by atoms with Crippen LogP contribution >= 0.6 is 22.9 Å². The molecule has 1 aliphatic rings. The van der Waals surface area contributed by atoms with E-state index in [0.717, 1.165) is 57.6 Å². The maximum Gasteiger partial charge on any atom is 0.225 e. The largest absolute Gasteiger partial charge is 0.497 e. The van der Waals surface area contributed by atoms with Crippen molar-refractivity contribution >= 4 is 44.3 Å². The molecule has 1 atom stereocenters. The summed E-state index contributed by atoms with van der Waals surface area (Å²) in [6.07, 6.45) is 1.84. The highest BCUT2D eigenvalue weighted by Crippen LogP contribution is 2.34. The van der Waals surface area contributed by atoms with Crippen molar-refractivity contribution < 1.29 is 9.53 Å². The Morgan fingerprint density at radius 2 is 1.97 bits per heavy atom. The maximum atomic E-state index is 12.9. The zero-order valence-electron chi connectivity index (χ0n) is 19.1. The summed E-state index contributed by atoms with van der Waals surface area (Å²) < 4.78 is 8.13. The lowest BCUT2D eigenvalue weighted by Gasteiger charge is -2.31. The highest BCUT2D eigenvalue weighted by Gasteiger charge is 2.28. The standard InChI is InChI=1S/C25H26ClN5O2S/c1-16-22-23(31(29-16)20-9-7-19(26)8-10-20)28-25(34-22)30-13-3-4-18(15-30)24(32)27-14-17-5-11-21(33-2)12-6-17/h5-12,18H,3-4,13-15H2,1-2H3,(H,27,32)/t18-/m1/s1. The number of methoxy groups -OCH3 is 1. The number of carbonyl (C=O) groups excluding carboxylic acids is 1. The maximum absolute atomic E-state index is 12.9. The quantitative estimate of drug-likeness (QED) is 0.408. The summed E-state index contributed by atoms with van der Waals surface area (Å²) in [5.41, 5.74) is 3.76. The summed E-state index contributed by atoms with van der Waals surface area (Å²) in [6, 6.07) is 15.3. The van der Waals surface area contributed by atoms with Crippen LogP contribution in [0, 0.1) is 12.8 Å². The van der Waals surface area contributed by atoms with Gasteiger partial charge in [0.25, 0.3) is 0 Å². The van der Waals surface area contributed by atoms with Crippen LogP contribution in [0.25, 0.3) is 16.0 Å². The van der Waals surface area contributed by atoms with E-state index in [2.05, 4.69) is 15.3 Å². The number of nitrogens with one attached hydrogen (secondary N) is 1. The number of piperidine rings is 1. The Morgan fingerprint density at radius 1 is 1.21 bits per heavy atom. The summed E-state index contributed by atoms with van der Waals surface area (Å²) in [7, 11) is 1.64. The number of halogens is 1. The SMILES string of the molecule is COc1ccc(CNC(=O)[C@@H]2CCCN(c3nc4c(s3)c(C)nn4-c3ccc(Cl)cc3)C2)cc1. The van der Waals surface area contributed by atoms with Crippen LogP contribution in [0.15, 0.2) is 48.5 Å². The van der Waals surface area contributed by atoms with Gasteiger partial charge >= 0.3 is 0 Å². The number of carbonyl (C=O) groups is 1. The second-order valence-electron chi connectivity index (χ2n) is 8.47. The van der Waals surface area contributed by atoms with Crippen LogP contribution in [0.4, 0.5) is 5.13 Å². The van der Waals surface area contributed by atoms with Crippen LogP contribution in [-0.2, 0) is 11.3 Å². The van der Waals surface area contributed by atoms with Gasteiger partial charge in [0.1, 0.15) is 5.75 Å². The predicted octanol–water partition coefficient (Wildman–Crippen LogP) is 4.99. The lowest BCUT2D eigenvalue weighted by atomic mass is 9.97. The molecule has 176 valence electrons. The zero-order valence-corrected chi connectivity index (χ0v) is 20.7. The highest BCUT2D eigenvalue weighted by atomic mass is 35.5. The molecule has 34 heavy (non-hydrogen) atoms. The molecular weight excluding hydrogens is 470 g/mol. The molecule has 2 aromatic heterocycles. The molecule has 2 aromatic carbocycles. The third-order valence-electron chi connectivity index (χ3n) is 6.14. The molecule has 1 aliphatic heterocycles. The first-order chi connectivity index (χ1) is 16.5. The Kier molecular flexibility index (Phi) is 6.43. The van der Waals surface area contributed by atoms with Gasteiger partial charge in [-0.1, -0.05) is 35.1 Å². The Morgan fingerprint density at radius 3 is 2.71 bits per heavy atom. The van der Waals surface area contributed by atoms with Gasteiger partial charge in [-0.15, -0.1) is 0 Å². The van der Waals surface area contributed by atoms with Crippen LogP contribution < -0.4 is 15.0 Å². The van der Waals surface area contributed by atoms with Gasteiger partial charge in [-0.25, -0.2) is 4.68 Å². The number of ether oxygens (including phenoxy) is 1. The molecule has 9 heteroatoms. The molecule has 0 aliphatic carbocycles. The predicted molar refractivity (Wildman–Crippen MR) is 136 cm³/mol. The minimum atomic E-state index is -0.0622. The van der Waals surface area contributed by atoms with Crippen LogP contribution in [0.1, 0.15) is 24.1 Å². The van der Waals surface area contributed by atoms with Crippen molar-refractivity contribution in [3.05, 3.63) is 64.8 Å². The molecular formula is C25H26ClN5O2S. The molecule has 1 saturated heterocycles. The number of anilines is 1. The lowest BCUT2D eigenvalue weighted by molar-refractivity contribution is -0.125. The Bertz CT molecular complexity index is 1300. The molecule has 1 N–H and O–H groups in total. The van der Waals surface area contributed by atoms with Crippen LogP contribution in [-0.4, -0.2) is 40.9 Å². The van der Waals surface area contributed by atoms with E-state index in [1.165, 1.54) is 0 Å². The van der Waals surface area contributed by atoms with Crippen molar-refractivity contribution in [3.8, 4) is 11.4 Å². The molecule has 0 unspecified atom stereocenters. The number of hydrogen-bond acceptors (Lipinski definition) is 6. The fraction of sp³-hybridized carbons (Fsp3) is 0.320. The number of hydrogen-bond donors (Lipinski definition) is 1. The number of aryl methyl sites for hydroxylation is 1. The Labute approximate surface area is 207 Å².